The predicted molar refractivity (Wildman–Crippen MR) is 74.5 cm³/mol. The van der Waals surface area contributed by atoms with Crippen LogP contribution < -0.4 is 11.1 Å². The minimum Gasteiger partial charge on any atom is -0.478 e. The first-order chi connectivity index (χ1) is 8.93. The summed E-state index contributed by atoms with van der Waals surface area (Å²) in [5.41, 5.74) is 5.70. The zero-order valence-corrected chi connectivity index (χ0v) is 11.4. The molecule has 1 rings (SSSR count). The first-order valence-electron chi connectivity index (χ1n) is 5.96. The molecule has 0 aromatic heterocycles. The van der Waals surface area contributed by atoms with Gasteiger partial charge in [0.15, 0.2) is 0 Å². The second-order valence-electron chi connectivity index (χ2n) is 4.42. The van der Waals surface area contributed by atoms with Crippen molar-refractivity contribution >= 4 is 29.2 Å². The molecule has 4 N–H and O–H groups in total. The monoisotopic (exact) mass is 284 g/mol. The summed E-state index contributed by atoms with van der Waals surface area (Å²) in [7, 11) is 0. The van der Waals surface area contributed by atoms with E-state index < -0.39 is 5.97 Å². The van der Waals surface area contributed by atoms with Crippen LogP contribution in [0, 0.1) is 5.92 Å². The van der Waals surface area contributed by atoms with Gasteiger partial charge >= 0.3 is 5.97 Å². The van der Waals surface area contributed by atoms with Gasteiger partial charge in [-0.2, -0.15) is 0 Å². The SMILES string of the molecule is CC(CN)CCC(=O)Nc1ccc(Cl)cc1C(=O)O. The van der Waals surface area contributed by atoms with Crippen molar-refractivity contribution in [1.29, 1.82) is 0 Å². The Balaban J connectivity index is 2.71. The van der Waals surface area contributed by atoms with Gasteiger partial charge in [-0.25, -0.2) is 4.79 Å². The summed E-state index contributed by atoms with van der Waals surface area (Å²) < 4.78 is 0. The fourth-order valence-corrected chi connectivity index (χ4v) is 1.68. The molecule has 0 aliphatic rings. The number of carboxylic acids is 1. The first kappa shape index (κ1) is 15.5. The van der Waals surface area contributed by atoms with E-state index in [0.717, 1.165) is 0 Å². The molecule has 1 aromatic rings. The number of nitrogens with two attached hydrogens (primary N) is 1. The lowest BCUT2D eigenvalue weighted by Crippen LogP contribution is -2.17. The van der Waals surface area contributed by atoms with Crippen LogP contribution in [0.1, 0.15) is 30.1 Å². The molecule has 0 bridgehead atoms. The number of hydrogen-bond donors (Lipinski definition) is 3. The Morgan fingerprint density at radius 1 is 1.47 bits per heavy atom. The number of hydrogen-bond acceptors (Lipinski definition) is 3. The maximum absolute atomic E-state index is 11.7. The molecule has 5 nitrogen and oxygen atoms in total. The van der Waals surface area contributed by atoms with E-state index in [1.807, 2.05) is 6.92 Å². The Morgan fingerprint density at radius 2 is 2.16 bits per heavy atom. The largest absolute Gasteiger partial charge is 0.478 e. The Morgan fingerprint density at radius 3 is 2.74 bits per heavy atom. The molecule has 19 heavy (non-hydrogen) atoms. The molecule has 1 amide bonds. The van der Waals surface area contributed by atoms with E-state index >= 15 is 0 Å². The molecule has 104 valence electrons. The summed E-state index contributed by atoms with van der Waals surface area (Å²) in [4.78, 5) is 22.8. The molecule has 0 heterocycles. The second-order valence-corrected chi connectivity index (χ2v) is 4.86. The maximum atomic E-state index is 11.7. The van der Waals surface area contributed by atoms with Crippen LogP contribution in [0.5, 0.6) is 0 Å². The van der Waals surface area contributed by atoms with E-state index in [9.17, 15) is 9.59 Å². The van der Waals surface area contributed by atoms with Crippen molar-refractivity contribution in [1.82, 2.24) is 0 Å². The van der Waals surface area contributed by atoms with E-state index in [2.05, 4.69) is 5.32 Å². The van der Waals surface area contributed by atoms with Crippen LogP contribution in [0.2, 0.25) is 5.02 Å². The first-order valence-corrected chi connectivity index (χ1v) is 6.34. The Labute approximate surface area is 116 Å². The third-order valence-corrected chi connectivity index (χ3v) is 2.99. The molecular formula is C13H17ClN2O3. The zero-order chi connectivity index (χ0) is 14.4. The van der Waals surface area contributed by atoms with Crippen molar-refractivity contribution in [3.05, 3.63) is 28.8 Å². The molecule has 0 spiro atoms. The van der Waals surface area contributed by atoms with Gasteiger partial charge in [0, 0.05) is 11.4 Å². The summed E-state index contributed by atoms with van der Waals surface area (Å²) in [5.74, 6) is -1.10. The topological polar surface area (TPSA) is 92.4 Å². The van der Waals surface area contributed by atoms with Crippen LogP contribution in [0.15, 0.2) is 18.2 Å². The van der Waals surface area contributed by atoms with Crippen molar-refractivity contribution in [2.24, 2.45) is 11.7 Å². The van der Waals surface area contributed by atoms with Crippen molar-refractivity contribution in [3.8, 4) is 0 Å². The highest BCUT2D eigenvalue weighted by molar-refractivity contribution is 6.31. The van der Waals surface area contributed by atoms with Gasteiger partial charge in [-0.05, 0) is 37.1 Å². The number of carbonyl (C=O) groups excluding carboxylic acids is 1. The average Bonchev–Trinajstić information content (AvgIpc) is 2.37. The average molecular weight is 285 g/mol. The third-order valence-electron chi connectivity index (χ3n) is 2.75. The van der Waals surface area contributed by atoms with Gasteiger partial charge in [0.05, 0.1) is 11.3 Å². The van der Waals surface area contributed by atoms with Gasteiger partial charge in [0.2, 0.25) is 5.91 Å². The highest BCUT2D eigenvalue weighted by Crippen LogP contribution is 2.21. The van der Waals surface area contributed by atoms with Crippen LogP contribution >= 0.6 is 11.6 Å². The number of anilines is 1. The number of carbonyl (C=O) groups is 2. The number of amides is 1. The molecule has 1 unspecified atom stereocenters. The fraction of sp³-hybridized carbons (Fsp3) is 0.385. The number of benzene rings is 1. The molecule has 0 saturated heterocycles. The second kappa shape index (κ2) is 7.11. The lowest BCUT2D eigenvalue weighted by Gasteiger charge is -2.10. The Hall–Kier alpha value is -1.59. The fourth-order valence-electron chi connectivity index (χ4n) is 1.51. The summed E-state index contributed by atoms with van der Waals surface area (Å²) >= 11 is 5.73. The molecule has 1 aromatic carbocycles. The molecular weight excluding hydrogens is 268 g/mol. The normalized spacial score (nSPS) is 11.9. The van der Waals surface area contributed by atoms with Crippen molar-refractivity contribution < 1.29 is 14.7 Å². The van der Waals surface area contributed by atoms with Gasteiger partial charge in [-0.3, -0.25) is 4.79 Å². The molecule has 1 atom stereocenters. The molecule has 0 aliphatic carbocycles. The van der Waals surface area contributed by atoms with E-state index in [-0.39, 0.29) is 23.1 Å². The smallest absolute Gasteiger partial charge is 0.337 e. The standard InChI is InChI=1S/C13H17ClN2O3/c1-8(7-15)2-5-12(17)16-11-4-3-9(14)6-10(11)13(18)19/h3-4,6,8H,2,5,7,15H2,1H3,(H,16,17)(H,18,19). The summed E-state index contributed by atoms with van der Waals surface area (Å²) in [6, 6.07) is 4.32. The number of nitrogens with one attached hydrogen (secondary N) is 1. The van der Waals surface area contributed by atoms with Crippen LogP contribution in [0.4, 0.5) is 5.69 Å². The van der Waals surface area contributed by atoms with Gasteiger partial charge in [-0.1, -0.05) is 18.5 Å². The van der Waals surface area contributed by atoms with E-state index in [4.69, 9.17) is 22.4 Å². The van der Waals surface area contributed by atoms with Gasteiger partial charge < -0.3 is 16.2 Å². The van der Waals surface area contributed by atoms with Crippen molar-refractivity contribution in [3.63, 3.8) is 0 Å². The number of halogens is 1. The minimum absolute atomic E-state index is 0.0206. The van der Waals surface area contributed by atoms with Gasteiger partial charge in [-0.15, -0.1) is 0 Å². The maximum Gasteiger partial charge on any atom is 0.337 e. The van der Waals surface area contributed by atoms with Crippen LogP contribution in [-0.2, 0) is 4.79 Å². The highest BCUT2D eigenvalue weighted by atomic mass is 35.5. The highest BCUT2D eigenvalue weighted by Gasteiger charge is 2.13. The zero-order valence-electron chi connectivity index (χ0n) is 10.6. The van der Waals surface area contributed by atoms with E-state index in [0.29, 0.717) is 24.4 Å². The Kier molecular flexibility index (Phi) is 5.79. The van der Waals surface area contributed by atoms with Gasteiger partial charge in [0.1, 0.15) is 0 Å². The number of rotatable bonds is 6. The quantitative estimate of drug-likeness (QED) is 0.747. The predicted octanol–water partition coefficient (Wildman–Crippen LogP) is 2.35. The van der Waals surface area contributed by atoms with Crippen LogP contribution in [0.3, 0.4) is 0 Å². The molecule has 0 aliphatic heterocycles. The minimum atomic E-state index is -1.13. The van der Waals surface area contributed by atoms with Gasteiger partial charge in [0.25, 0.3) is 0 Å². The summed E-state index contributed by atoms with van der Waals surface area (Å²) in [6.07, 6.45) is 0.971. The third kappa shape index (κ3) is 4.89. The number of aromatic carboxylic acids is 1. The van der Waals surface area contributed by atoms with Crippen molar-refractivity contribution in [2.75, 3.05) is 11.9 Å². The molecule has 0 radical (unpaired) electrons. The molecule has 0 saturated carbocycles. The van der Waals surface area contributed by atoms with E-state index in [1.165, 1.54) is 18.2 Å². The lowest BCUT2D eigenvalue weighted by molar-refractivity contribution is -0.116. The van der Waals surface area contributed by atoms with Crippen molar-refractivity contribution in [2.45, 2.75) is 19.8 Å². The van der Waals surface area contributed by atoms with E-state index in [1.54, 1.807) is 0 Å². The number of carboxylic acid groups (broad SMARTS) is 1. The Bertz CT molecular complexity index is 477. The molecule has 6 heteroatoms. The molecule has 0 fully saturated rings. The van der Waals surface area contributed by atoms with Crippen LogP contribution in [0.25, 0.3) is 0 Å². The summed E-state index contributed by atoms with van der Waals surface area (Å²) in [6.45, 7) is 2.48. The lowest BCUT2D eigenvalue weighted by atomic mass is 10.1. The van der Waals surface area contributed by atoms with Crippen LogP contribution in [-0.4, -0.2) is 23.5 Å². The summed E-state index contributed by atoms with van der Waals surface area (Å²) in [5, 5.41) is 11.9.